The number of benzene rings is 1. The van der Waals surface area contributed by atoms with Gasteiger partial charge >= 0.3 is 5.97 Å². The molecular weight excluding hydrogens is 210 g/mol. The van der Waals surface area contributed by atoms with Crippen LogP contribution in [0.15, 0.2) is 23.1 Å². The van der Waals surface area contributed by atoms with Gasteiger partial charge in [0.15, 0.2) is 0 Å². The smallest absolute Gasteiger partial charge is 0.336 e. The molecule has 0 amide bonds. The molecule has 0 fully saturated rings. The van der Waals surface area contributed by atoms with Crippen molar-refractivity contribution >= 4 is 23.4 Å². The van der Waals surface area contributed by atoms with Gasteiger partial charge in [-0.1, -0.05) is 19.4 Å². The zero-order chi connectivity index (χ0) is 11.3. The van der Waals surface area contributed by atoms with E-state index in [4.69, 9.17) is 10.8 Å². The van der Waals surface area contributed by atoms with Gasteiger partial charge in [0.05, 0.1) is 5.56 Å². The van der Waals surface area contributed by atoms with Gasteiger partial charge in [-0.15, -0.1) is 11.8 Å². The van der Waals surface area contributed by atoms with Crippen molar-refractivity contribution in [1.29, 1.82) is 0 Å². The van der Waals surface area contributed by atoms with Crippen LogP contribution in [0, 0.1) is 0 Å². The maximum Gasteiger partial charge on any atom is 0.336 e. The van der Waals surface area contributed by atoms with Crippen LogP contribution in [-0.4, -0.2) is 16.8 Å². The summed E-state index contributed by atoms with van der Waals surface area (Å²) in [5, 5.41) is 8.98. The molecule has 1 aromatic carbocycles. The second-order valence-electron chi connectivity index (χ2n) is 3.23. The van der Waals surface area contributed by atoms with E-state index >= 15 is 0 Å². The first-order chi connectivity index (χ1) is 7.16. The van der Waals surface area contributed by atoms with E-state index in [1.807, 2.05) is 0 Å². The van der Waals surface area contributed by atoms with E-state index in [0.717, 1.165) is 18.6 Å². The fourth-order valence-corrected chi connectivity index (χ4v) is 2.39. The fourth-order valence-electron chi connectivity index (χ4n) is 1.20. The van der Waals surface area contributed by atoms with Crippen molar-refractivity contribution in [3.8, 4) is 0 Å². The van der Waals surface area contributed by atoms with E-state index in [9.17, 15) is 4.79 Å². The molecule has 0 heterocycles. The number of carboxylic acid groups (broad SMARTS) is 1. The molecule has 0 aliphatic heterocycles. The molecular formula is C11H15NO2S. The number of carbonyl (C=O) groups is 1. The number of thioether (sulfide) groups is 1. The highest BCUT2D eigenvalue weighted by molar-refractivity contribution is 7.99. The van der Waals surface area contributed by atoms with Gasteiger partial charge in [0, 0.05) is 10.6 Å². The molecule has 3 nitrogen and oxygen atoms in total. The Labute approximate surface area is 93.7 Å². The van der Waals surface area contributed by atoms with Gasteiger partial charge in [-0.05, 0) is 24.3 Å². The van der Waals surface area contributed by atoms with Crippen molar-refractivity contribution in [2.75, 3.05) is 11.5 Å². The van der Waals surface area contributed by atoms with E-state index < -0.39 is 5.97 Å². The standard InChI is InChI=1S/C11H15NO2S/c1-2-3-7-15-10-8(11(13)14)5-4-6-9(10)12/h4-6H,2-3,7,12H2,1H3,(H,13,14). The topological polar surface area (TPSA) is 63.3 Å². The molecule has 82 valence electrons. The monoisotopic (exact) mass is 225 g/mol. The Morgan fingerprint density at radius 2 is 2.27 bits per heavy atom. The van der Waals surface area contributed by atoms with Crippen LogP contribution in [0.1, 0.15) is 30.1 Å². The summed E-state index contributed by atoms with van der Waals surface area (Å²) in [5.41, 5.74) is 6.61. The Morgan fingerprint density at radius 1 is 1.53 bits per heavy atom. The average Bonchev–Trinajstić information content (AvgIpc) is 2.20. The number of unbranched alkanes of at least 4 members (excludes halogenated alkanes) is 1. The van der Waals surface area contributed by atoms with E-state index in [1.165, 1.54) is 11.8 Å². The summed E-state index contributed by atoms with van der Waals surface area (Å²) in [5.74, 6) is -0.00773. The molecule has 1 rings (SSSR count). The zero-order valence-electron chi connectivity index (χ0n) is 8.69. The van der Waals surface area contributed by atoms with Crippen LogP contribution in [0.2, 0.25) is 0 Å². The molecule has 0 saturated carbocycles. The molecule has 0 aromatic heterocycles. The van der Waals surface area contributed by atoms with Gasteiger partial charge in [-0.25, -0.2) is 4.79 Å². The van der Waals surface area contributed by atoms with Crippen molar-refractivity contribution in [2.24, 2.45) is 0 Å². The highest BCUT2D eigenvalue weighted by Crippen LogP contribution is 2.29. The predicted octanol–water partition coefficient (Wildman–Crippen LogP) is 2.86. The van der Waals surface area contributed by atoms with Crippen molar-refractivity contribution in [3.05, 3.63) is 23.8 Å². The normalized spacial score (nSPS) is 10.2. The van der Waals surface area contributed by atoms with Gasteiger partial charge in [-0.2, -0.15) is 0 Å². The molecule has 15 heavy (non-hydrogen) atoms. The first-order valence-electron chi connectivity index (χ1n) is 4.91. The van der Waals surface area contributed by atoms with E-state index in [0.29, 0.717) is 16.1 Å². The minimum absolute atomic E-state index is 0.302. The Morgan fingerprint density at radius 3 is 2.87 bits per heavy atom. The summed E-state index contributed by atoms with van der Waals surface area (Å²) in [6.07, 6.45) is 2.17. The number of hydrogen-bond acceptors (Lipinski definition) is 3. The van der Waals surface area contributed by atoms with Crippen molar-refractivity contribution in [2.45, 2.75) is 24.7 Å². The van der Waals surface area contributed by atoms with E-state index in [-0.39, 0.29) is 0 Å². The molecule has 0 aliphatic carbocycles. The maximum atomic E-state index is 10.9. The minimum atomic E-state index is -0.915. The second kappa shape index (κ2) is 5.66. The molecule has 0 aliphatic rings. The van der Waals surface area contributed by atoms with Crippen LogP contribution >= 0.6 is 11.8 Å². The number of rotatable bonds is 5. The van der Waals surface area contributed by atoms with Gasteiger partial charge < -0.3 is 10.8 Å². The molecule has 0 saturated heterocycles. The third-order valence-electron chi connectivity index (χ3n) is 2.02. The second-order valence-corrected chi connectivity index (χ2v) is 4.34. The molecule has 1 aromatic rings. The van der Waals surface area contributed by atoms with Crippen molar-refractivity contribution in [1.82, 2.24) is 0 Å². The summed E-state index contributed by atoms with van der Waals surface area (Å²) in [7, 11) is 0. The summed E-state index contributed by atoms with van der Waals surface area (Å²) in [4.78, 5) is 11.6. The van der Waals surface area contributed by atoms with Crippen LogP contribution in [-0.2, 0) is 0 Å². The Balaban J connectivity index is 2.87. The Kier molecular flexibility index (Phi) is 4.49. The third-order valence-corrected chi connectivity index (χ3v) is 3.26. The summed E-state index contributed by atoms with van der Waals surface area (Å²) < 4.78 is 0. The van der Waals surface area contributed by atoms with Crippen LogP contribution in [0.3, 0.4) is 0 Å². The number of hydrogen-bond donors (Lipinski definition) is 2. The summed E-state index contributed by atoms with van der Waals surface area (Å²) in [6, 6.07) is 5.00. The van der Waals surface area contributed by atoms with Crippen LogP contribution < -0.4 is 5.73 Å². The quantitative estimate of drug-likeness (QED) is 0.459. The Bertz CT molecular complexity index is 352. The number of nitrogens with two attached hydrogens (primary N) is 1. The van der Waals surface area contributed by atoms with Crippen LogP contribution in [0.5, 0.6) is 0 Å². The van der Waals surface area contributed by atoms with Crippen molar-refractivity contribution < 1.29 is 9.90 Å². The summed E-state index contributed by atoms with van der Waals surface area (Å²) >= 11 is 1.52. The molecule has 4 heteroatoms. The lowest BCUT2D eigenvalue weighted by atomic mass is 10.2. The number of carboxylic acids is 1. The minimum Gasteiger partial charge on any atom is -0.478 e. The number of nitrogen functional groups attached to an aromatic ring is 1. The molecule has 3 N–H and O–H groups in total. The van der Waals surface area contributed by atoms with Crippen LogP contribution in [0.4, 0.5) is 5.69 Å². The van der Waals surface area contributed by atoms with E-state index in [2.05, 4.69) is 6.92 Å². The third kappa shape index (κ3) is 3.16. The zero-order valence-corrected chi connectivity index (χ0v) is 9.51. The van der Waals surface area contributed by atoms with Crippen molar-refractivity contribution in [3.63, 3.8) is 0 Å². The molecule has 0 bridgehead atoms. The lowest BCUT2D eigenvalue weighted by Gasteiger charge is -2.08. The van der Waals surface area contributed by atoms with Crippen LogP contribution in [0.25, 0.3) is 0 Å². The highest BCUT2D eigenvalue weighted by atomic mass is 32.2. The lowest BCUT2D eigenvalue weighted by Crippen LogP contribution is -2.02. The Hall–Kier alpha value is -1.16. The molecule has 0 radical (unpaired) electrons. The largest absolute Gasteiger partial charge is 0.478 e. The van der Waals surface area contributed by atoms with Gasteiger partial charge in [0.1, 0.15) is 0 Å². The SMILES string of the molecule is CCCCSc1c(N)cccc1C(=O)O. The molecule has 0 unspecified atom stereocenters. The molecule has 0 atom stereocenters. The maximum absolute atomic E-state index is 10.9. The number of anilines is 1. The predicted molar refractivity (Wildman–Crippen MR) is 63.4 cm³/mol. The summed E-state index contributed by atoms with van der Waals surface area (Å²) in [6.45, 7) is 2.10. The van der Waals surface area contributed by atoms with E-state index in [1.54, 1.807) is 18.2 Å². The van der Waals surface area contributed by atoms with Gasteiger partial charge in [-0.3, -0.25) is 0 Å². The number of aromatic carboxylic acids is 1. The first-order valence-corrected chi connectivity index (χ1v) is 5.90. The lowest BCUT2D eigenvalue weighted by molar-refractivity contribution is 0.0693. The fraction of sp³-hybridized carbons (Fsp3) is 0.364. The van der Waals surface area contributed by atoms with Gasteiger partial charge in [0.2, 0.25) is 0 Å². The average molecular weight is 225 g/mol. The molecule has 0 spiro atoms. The van der Waals surface area contributed by atoms with Gasteiger partial charge in [0.25, 0.3) is 0 Å². The highest BCUT2D eigenvalue weighted by Gasteiger charge is 2.12. The first kappa shape index (κ1) is 11.9.